The molecule has 0 fully saturated rings. The summed E-state index contributed by atoms with van der Waals surface area (Å²) in [6, 6.07) is 14.5. The third-order valence-corrected chi connectivity index (χ3v) is 4.22. The van der Waals surface area contributed by atoms with E-state index in [1.165, 1.54) is 18.9 Å². The number of hydrogen-bond donors (Lipinski definition) is 1. The zero-order valence-electron chi connectivity index (χ0n) is 15.5. The molecule has 6 nitrogen and oxygen atoms in total. The second-order valence-electron chi connectivity index (χ2n) is 6.20. The van der Waals surface area contributed by atoms with Crippen molar-refractivity contribution in [2.75, 3.05) is 20.2 Å². The number of carboxylic acid groups (broad SMARTS) is 1. The molecule has 0 atom stereocenters. The molecule has 0 saturated heterocycles. The summed E-state index contributed by atoms with van der Waals surface area (Å²) in [5, 5.41) is 9.15. The van der Waals surface area contributed by atoms with Crippen LogP contribution in [0.1, 0.15) is 28.4 Å². The van der Waals surface area contributed by atoms with Gasteiger partial charge in [0, 0.05) is 17.7 Å². The number of carbonyl (C=O) groups excluding carboxylic acids is 2. The van der Waals surface area contributed by atoms with Crippen LogP contribution in [0.2, 0.25) is 0 Å². The van der Waals surface area contributed by atoms with E-state index in [9.17, 15) is 14.4 Å². The number of methoxy groups -OCH3 is 1. The number of aliphatic carboxylic acids is 1. The van der Waals surface area contributed by atoms with Crippen molar-refractivity contribution in [2.24, 2.45) is 0 Å². The van der Waals surface area contributed by atoms with Crippen LogP contribution in [0.3, 0.4) is 0 Å². The maximum absolute atomic E-state index is 12.7. The SMILES string of the molecule is COc1ccc(C(C)=O)cc1CC(=O)N(CCc1ccccc1)CC(=O)O. The Kier molecular flexibility index (Phi) is 7.11. The van der Waals surface area contributed by atoms with Crippen LogP contribution in [-0.4, -0.2) is 47.9 Å². The van der Waals surface area contributed by atoms with Gasteiger partial charge in [0.25, 0.3) is 0 Å². The van der Waals surface area contributed by atoms with Gasteiger partial charge in [0.1, 0.15) is 12.3 Å². The van der Waals surface area contributed by atoms with Gasteiger partial charge in [0.15, 0.2) is 5.78 Å². The maximum Gasteiger partial charge on any atom is 0.323 e. The molecular weight excluding hydrogens is 346 g/mol. The fraction of sp³-hybridized carbons (Fsp3) is 0.286. The van der Waals surface area contributed by atoms with Crippen molar-refractivity contribution >= 4 is 17.7 Å². The number of carboxylic acids is 1. The molecule has 2 rings (SSSR count). The summed E-state index contributed by atoms with van der Waals surface area (Å²) in [5.74, 6) is -1.02. The van der Waals surface area contributed by atoms with Gasteiger partial charge in [0.2, 0.25) is 5.91 Å². The highest BCUT2D eigenvalue weighted by Crippen LogP contribution is 2.21. The third-order valence-electron chi connectivity index (χ3n) is 4.22. The van der Waals surface area contributed by atoms with Crippen LogP contribution in [0, 0.1) is 0 Å². The number of Topliss-reactive ketones (excluding diaryl/α,β-unsaturated/α-hetero) is 1. The molecule has 1 amide bonds. The minimum absolute atomic E-state index is 0.0354. The molecule has 6 heteroatoms. The second kappa shape index (κ2) is 9.52. The smallest absolute Gasteiger partial charge is 0.323 e. The minimum Gasteiger partial charge on any atom is -0.496 e. The van der Waals surface area contributed by atoms with Crippen LogP contribution in [0.4, 0.5) is 0 Å². The maximum atomic E-state index is 12.7. The third kappa shape index (κ3) is 5.95. The lowest BCUT2D eigenvalue weighted by molar-refractivity contribution is -0.144. The second-order valence-corrected chi connectivity index (χ2v) is 6.20. The summed E-state index contributed by atoms with van der Waals surface area (Å²) in [6.07, 6.45) is 0.525. The molecule has 0 aliphatic heterocycles. The van der Waals surface area contributed by atoms with Crippen molar-refractivity contribution in [1.29, 1.82) is 0 Å². The van der Waals surface area contributed by atoms with Crippen molar-refractivity contribution in [3.63, 3.8) is 0 Å². The average molecular weight is 369 g/mol. The fourth-order valence-corrected chi connectivity index (χ4v) is 2.77. The summed E-state index contributed by atoms with van der Waals surface area (Å²) in [6.45, 7) is 1.37. The number of rotatable bonds is 9. The van der Waals surface area contributed by atoms with Crippen molar-refractivity contribution in [2.45, 2.75) is 19.8 Å². The highest BCUT2D eigenvalue weighted by molar-refractivity contribution is 5.95. The highest BCUT2D eigenvalue weighted by atomic mass is 16.5. The van der Waals surface area contributed by atoms with Gasteiger partial charge in [-0.3, -0.25) is 14.4 Å². The van der Waals surface area contributed by atoms with Crippen LogP contribution in [0.15, 0.2) is 48.5 Å². The van der Waals surface area contributed by atoms with E-state index in [0.717, 1.165) is 5.56 Å². The Bertz CT molecular complexity index is 817. The van der Waals surface area contributed by atoms with E-state index in [2.05, 4.69) is 0 Å². The lowest BCUT2D eigenvalue weighted by atomic mass is 10.0. The number of nitrogens with zero attached hydrogens (tertiary/aromatic N) is 1. The Morgan fingerprint density at radius 2 is 1.78 bits per heavy atom. The molecule has 0 aliphatic carbocycles. The molecule has 1 N–H and O–H groups in total. The first-order chi connectivity index (χ1) is 12.9. The van der Waals surface area contributed by atoms with Crippen molar-refractivity contribution in [3.05, 3.63) is 65.2 Å². The fourth-order valence-electron chi connectivity index (χ4n) is 2.77. The van der Waals surface area contributed by atoms with Crippen molar-refractivity contribution in [3.8, 4) is 5.75 Å². The quantitative estimate of drug-likeness (QED) is 0.687. The van der Waals surface area contributed by atoms with Crippen LogP contribution in [-0.2, 0) is 22.4 Å². The van der Waals surface area contributed by atoms with Crippen molar-refractivity contribution in [1.82, 2.24) is 4.90 Å². The Labute approximate surface area is 158 Å². The van der Waals surface area contributed by atoms with Crippen LogP contribution in [0.5, 0.6) is 5.75 Å². The highest BCUT2D eigenvalue weighted by Gasteiger charge is 2.19. The predicted octanol–water partition coefficient (Wildman–Crippen LogP) is 2.60. The molecule has 2 aromatic rings. The summed E-state index contributed by atoms with van der Waals surface area (Å²) in [7, 11) is 1.49. The Balaban J connectivity index is 2.16. The van der Waals surface area contributed by atoms with E-state index in [-0.39, 0.29) is 24.7 Å². The van der Waals surface area contributed by atoms with E-state index < -0.39 is 5.97 Å². The minimum atomic E-state index is -1.07. The largest absolute Gasteiger partial charge is 0.496 e. The van der Waals surface area contributed by atoms with Gasteiger partial charge in [-0.25, -0.2) is 0 Å². The molecule has 0 spiro atoms. The first-order valence-electron chi connectivity index (χ1n) is 8.62. The van der Waals surface area contributed by atoms with Gasteiger partial charge in [0.05, 0.1) is 13.5 Å². The number of carbonyl (C=O) groups is 3. The van der Waals surface area contributed by atoms with Gasteiger partial charge >= 0.3 is 5.97 Å². The van der Waals surface area contributed by atoms with Gasteiger partial charge in [-0.15, -0.1) is 0 Å². The number of amides is 1. The lowest BCUT2D eigenvalue weighted by Crippen LogP contribution is -2.38. The molecule has 0 radical (unpaired) electrons. The Morgan fingerprint density at radius 1 is 1.07 bits per heavy atom. The first kappa shape index (κ1) is 20.2. The molecule has 0 bridgehead atoms. The van der Waals surface area contributed by atoms with Gasteiger partial charge in [-0.1, -0.05) is 30.3 Å². The Hall–Kier alpha value is -3.15. The summed E-state index contributed by atoms with van der Waals surface area (Å²) < 4.78 is 5.27. The standard InChI is InChI=1S/C21H23NO5/c1-15(23)17-8-9-19(27-2)18(12-17)13-20(24)22(14-21(25)26)11-10-16-6-4-3-5-7-16/h3-9,12H,10-11,13-14H2,1-2H3,(H,25,26). The average Bonchev–Trinajstić information content (AvgIpc) is 2.65. The van der Waals surface area contributed by atoms with Gasteiger partial charge in [-0.2, -0.15) is 0 Å². The van der Waals surface area contributed by atoms with E-state index >= 15 is 0 Å². The van der Waals surface area contributed by atoms with E-state index in [1.54, 1.807) is 18.2 Å². The molecule has 0 unspecified atom stereocenters. The van der Waals surface area contributed by atoms with Gasteiger partial charge in [-0.05, 0) is 37.1 Å². The normalized spacial score (nSPS) is 10.3. The first-order valence-corrected chi connectivity index (χ1v) is 8.62. The number of benzene rings is 2. The molecule has 0 aromatic heterocycles. The van der Waals surface area contributed by atoms with Crippen LogP contribution in [0.25, 0.3) is 0 Å². The summed E-state index contributed by atoms with van der Waals surface area (Å²) in [5.41, 5.74) is 2.06. The van der Waals surface area contributed by atoms with E-state index in [1.807, 2.05) is 30.3 Å². The Morgan fingerprint density at radius 3 is 2.37 bits per heavy atom. The summed E-state index contributed by atoms with van der Waals surface area (Å²) >= 11 is 0. The zero-order chi connectivity index (χ0) is 19.8. The molecule has 27 heavy (non-hydrogen) atoms. The van der Waals surface area contributed by atoms with Crippen LogP contribution < -0.4 is 4.74 Å². The topological polar surface area (TPSA) is 83.9 Å². The molecule has 0 saturated carbocycles. The number of ether oxygens (including phenoxy) is 1. The van der Waals surface area contributed by atoms with Crippen LogP contribution >= 0.6 is 0 Å². The van der Waals surface area contributed by atoms with E-state index in [4.69, 9.17) is 9.84 Å². The predicted molar refractivity (Wildman–Crippen MR) is 101 cm³/mol. The molecule has 0 aliphatic rings. The van der Waals surface area contributed by atoms with E-state index in [0.29, 0.717) is 29.8 Å². The summed E-state index contributed by atoms with van der Waals surface area (Å²) in [4.78, 5) is 36.8. The molecular formula is C21H23NO5. The number of hydrogen-bond acceptors (Lipinski definition) is 4. The molecule has 0 heterocycles. The number of ketones is 1. The van der Waals surface area contributed by atoms with Crippen molar-refractivity contribution < 1.29 is 24.2 Å². The zero-order valence-corrected chi connectivity index (χ0v) is 15.5. The monoisotopic (exact) mass is 369 g/mol. The molecule has 2 aromatic carbocycles. The lowest BCUT2D eigenvalue weighted by Gasteiger charge is -2.21. The molecule has 142 valence electrons. The van der Waals surface area contributed by atoms with Gasteiger partial charge < -0.3 is 14.7 Å².